The molecular weight excluding hydrogens is 223 g/mol. The van der Waals surface area contributed by atoms with Crippen molar-refractivity contribution < 1.29 is 0 Å². The molecule has 0 fully saturated rings. The molecule has 0 nitrogen and oxygen atoms in total. The van der Waals surface area contributed by atoms with Gasteiger partial charge in [0.25, 0.3) is 0 Å². The van der Waals surface area contributed by atoms with Crippen LogP contribution in [-0.4, -0.2) is 0 Å². The highest BCUT2D eigenvalue weighted by molar-refractivity contribution is 9.10. The highest BCUT2D eigenvalue weighted by Gasteiger charge is 2.01. The maximum atomic E-state index is 5.90. The molecule has 2 heteroatoms. The first kappa shape index (κ1) is 9.08. The van der Waals surface area contributed by atoms with Crippen molar-refractivity contribution in [3.8, 4) is 0 Å². The van der Waals surface area contributed by atoms with Crippen molar-refractivity contribution in [3.63, 3.8) is 0 Å². The summed E-state index contributed by atoms with van der Waals surface area (Å²) < 4.78 is 0.988. The van der Waals surface area contributed by atoms with Crippen LogP contribution >= 0.6 is 27.5 Å². The summed E-state index contributed by atoms with van der Waals surface area (Å²) in [4.78, 5) is 0. The van der Waals surface area contributed by atoms with Gasteiger partial charge < -0.3 is 0 Å². The van der Waals surface area contributed by atoms with Gasteiger partial charge in [-0.15, -0.1) is 0 Å². The van der Waals surface area contributed by atoms with Crippen LogP contribution in [0.3, 0.4) is 0 Å². The third kappa shape index (κ3) is 1.97. The quantitative estimate of drug-likeness (QED) is 0.688. The summed E-state index contributed by atoms with van der Waals surface area (Å²) in [6, 6.07) is 4.07. The lowest BCUT2D eigenvalue weighted by Crippen LogP contribution is -1.86. The minimum absolute atomic E-state index is 0.791. The summed E-state index contributed by atoms with van der Waals surface area (Å²) >= 11 is 9.29. The Balaban J connectivity index is 3.21. The fourth-order valence-corrected chi connectivity index (χ4v) is 1.68. The van der Waals surface area contributed by atoms with E-state index in [1.54, 1.807) is 0 Å². The molecule has 0 heterocycles. The van der Waals surface area contributed by atoms with Gasteiger partial charge in [0, 0.05) is 4.47 Å². The van der Waals surface area contributed by atoms with Crippen LogP contribution in [-0.2, 0) is 6.42 Å². The number of hydrogen-bond acceptors (Lipinski definition) is 0. The van der Waals surface area contributed by atoms with E-state index < -0.39 is 0 Å². The van der Waals surface area contributed by atoms with Gasteiger partial charge in [-0.2, -0.15) is 0 Å². The largest absolute Gasteiger partial charge is 0.0831 e. The molecule has 0 amide bonds. The van der Waals surface area contributed by atoms with Crippen LogP contribution < -0.4 is 0 Å². The topological polar surface area (TPSA) is 0 Å². The number of benzene rings is 1. The van der Waals surface area contributed by atoms with Crippen LogP contribution in [0.15, 0.2) is 16.6 Å². The molecule has 1 aromatic carbocycles. The molecule has 0 saturated carbocycles. The molecule has 1 rings (SSSR count). The zero-order valence-corrected chi connectivity index (χ0v) is 8.96. The monoisotopic (exact) mass is 232 g/mol. The molecule has 0 N–H and O–H groups in total. The van der Waals surface area contributed by atoms with E-state index >= 15 is 0 Å². The summed E-state index contributed by atoms with van der Waals surface area (Å²) in [7, 11) is 0. The van der Waals surface area contributed by atoms with Gasteiger partial charge in [-0.05, 0) is 52.5 Å². The SMILES string of the molecule is CCc1cc(Br)c(Cl)cc1C. The zero-order chi connectivity index (χ0) is 8.43. The minimum atomic E-state index is 0.791. The van der Waals surface area contributed by atoms with Crippen molar-refractivity contribution in [1.82, 2.24) is 0 Å². The van der Waals surface area contributed by atoms with Gasteiger partial charge in [0.05, 0.1) is 5.02 Å². The third-order valence-electron chi connectivity index (χ3n) is 1.76. The zero-order valence-electron chi connectivity index (χ0n) is 6.62. The lowest BCUT2D eigenvalue weighted by Gasteiger charge is -2.04. The highest BCUT2D eigenvalue weighted by atomic mass is 79.9. The van der Waals surface area contributed by atoms with Gasteiger partial charge in [-0.3, -0.25) is 0 Å². The van der Waals surface area contributed by atoms with Gasteiger partial charge in [-0.1, -0.05) is 18.5 Å². The van der Waals surface area contributed by atoms with E-state index in [4.69, 9.17) is 11.6 Å². The molecule has 0 bridgehead atoms. The van der Waals surface area contributed by atoms with Gasteiger partial charge >= 0.3 is 0 Å². The van der Waals surface area contributed by atoms with Crippen molar-refractivity contribution in [2.75, 3.05) is 0 Å². The second-order valence-corrected chi connectivity index (χ2v) is 3.81. The summed E-state index contributed by atoms with van der Waals surface area (Å²) in [6.45, 7) is 4.22. The molecule has 0 spiro atoms. The van der Waals surface area contributed by atoms with E-state index in [1.165, 1.54) is 11.1 Å². The molecule has 0 saturated heterocycles. The van der Waals surface area contributed by atoms with Crippen LogP contribution in [0.5, 0.6) is 0 Å². The van der Waals surface area contributed by atoms with Crippen LogP contribution in [0.2, 0.25) is 5.02 Å². The Morgan fingerprint density at radius 1 is 1.45 bits per heavy atom. The lowest BCUT2D eigenvalue weighted by molar-refractivity contribution is 1.11. The molecule has 11 heavy (non-hydrogen) atoms. The summed E-state index contributed by atoms with van der Waals surface area (Å²) in [5.74, 6) is 0. The first-order valence-corrected chi connectivity index (χ1v) is 4.76. The Labute approximate surface area is 80.7 Å². The van der Waals surface area contributed by atoms with Crippen molar-refractivity contribution in [2.45, 2.75) is 20.3 Å². The van der Waals surface area contributed by atoms with Crippen molar-refractivity contribution in [2.24, 2.45) is 0 Å². The Hall–Kier alpha value is -0.0100. The molecule has 0 aliphatic heterocycles. The summed E-state index contributed by atoms with van der Waals surface area (Å²) in [5.41, 5.74) is 2.61. The van der Waals surface area contributed by atoms with Gasteiger partial charge in [0.15, 0.2) is 0 Å². The maximum Gasteiger partial charge on any atom is 0.0550 e. The average molecular weight is 234 g/mol. The molecule has 0 atom stereocenters. The predicted molar refractivity (Wildman–Crippen MR) is 53.3 cm³/mol. The van der Waals surface area contributed by atoms with Gasteiger partial charge in [0.1, 0.15) is 0 Å². The first-order valence-electron chi connectivity index (χ1n) is 3.59. The molecule has 1 aromatic rings. The Kier molecular flexibility index (Phi) is 2.97. The normalized spacial score (nSPS) is 10.2. The fourth-order valence-electron chi connectivity index (χ4n) is 1.07. The standard InChI is InChI=1S/C9H10BrCl/c1-3-7-5-8(10)9(11)4-6(7)2/h4-5H,3H2,1-2H3. The predicted octanol–water partition coefficient (Wildman–Crippen LogP) is 3.97. The van der Waals surface area contributed by atoms with E-state index in [-0.39, 0.29) is 0 Å². The van der Waals surface area contributed by atoms with E-state index in [1.807, 2.05) is 6.07 Å². The molecule has 0 aliphatic rings. The second-order valence-electron chi connectivity index (χ2n) is 2.55. The van der Waals surface area contributed by atoms with E-state index in [2.05, 4.69) is 35.8 Å². The third-order valence-corrected chi connectivity index (χ3v) is 2.96. The molecule has 0 unspecified atom stereocenters. The Morgan fingerprint density at radius 2 is 2.09 bits per heavy atom. The molecule has 0 radical (unpaired) electrons. The number of halogens is 2. The Bertz CT molecular complexity index is 269. The molecule has 0 aliphatic carbocycles. The summed E-state index contributed by atoms with van der Waals surface area (Å²) in [5, 5.41) is 0.791. The minimum Gasteiger partial charge on any atom is -0.0831 e. The fraction of sp³-hybridized carbons (Fsp3) is 0.333. The van der Waals surface area contributed by atoms with Crippen LogP contribution in [0.4, 0.5) is 0 Å². The van der Waals surface area contributed by atoms with Gasteiger partial charge in [-0.25, -0.2) is 0 Å². The molecule has 60 valence electrons. The number of rotatable bonds is 1. The second kappa shape index (κ2) is 3.59. The van der Waals surface area contributed by atoms with Crippen LogP contribution in [0, 0.1) is 6.92 Å². The maximum absolute atomic E-state index is 5.90. The first-order chi connectivity index (χ1) is 5.15. The van der Waals surface area contributed by atoms with Crippen LogP contribution in [0.25, 0.3) is 0 Å². The van der Waals surface area contributed by atoms with Crippen molar-refractivity contribution in [1.29, 1.82) is 0 Å². The Morgan fingerprint density at radius 3 is 2.64 bits per heavy atom. The number of hydrogen-bond donors (Lipinski definition) is 0. The average Bonchev–Trinajstić information content (AvgIpc) is 1.97. The van der Waals surface area contributed by atoms with E-state index in [0.29, 0.717) is 0 Å². The molecular formula is C9H10BrCl. The van der Waals surface area contributed by atoms with Crippen molar-refractivity contribution >= 4 is 27.5 Å². The van der Waals surface area contributed by atoms with E-state index in [0.717, 1.165) is 15.9 Å². The highest BCUT2D eigenvalue weighted by Crippen LogP contribution is 2.26. The van der Waals surface area contributed by atoms with Gasteiger partial charge in [0.2, 0.25) is 0 Å². The lowest BCUT2D eigenvalue weighted by atomic mass is 10.1. The van der Waals surface area contributed by atoms with Crippen molar-refractivity contribution in [3.05, 3.63) is 32.8 Å². The summed E-state index contributed by atoms with van der Waals surface area (Å²) in [6.07, 6.45) is 1.06. The van der Waals surface area contributed by atoms with E-state index in [9.17, 15) is 0 Å². The smallest absolute Gasteiger partial charge is 0.0550 e. The number of aryl methyl sites for hydroxylation is 2. The van der Waals surface area contributed by atoms with Crippen LogP contribution in [0.1, 0.15) is 18.1 Å². The molecule has 0 aromatic heterocycles.